The molecule has 1 aromatic carbocycles. The van der Waals surface area contributed by atoms with Gasteiger partial charge in [0.15, 0.2) is 0 Å². The zero-order valence-electron chi connectivity index (χ0n) is 9.70. The highest BCUT2D eigenvalue weighted by atomic mass is 16.5. The van der Waals surface area contributed by atoms with Gasteiger partial charge in [-0.2, -0.15) is 5.10 Å². The highest BCUT2D eigenvalue weighted by Gasteiger charge is 2.15. The Hall–Kier alpha value is -2.50. The van der Waals surface area contributed by atoms with Crippen LogP contribution in [0.5, 0.6) is 11.5 Å². The average molecular weight is 248 g/mol. The van der Waals surface area contributed by atoms with Crippen LogP contribution in [-0.2, 0) is 13.7 Å². The molecule has 0 atom stereocenters. The van der Waals surface area contributed by atoms with E-state index in [2.05, 4.69) is 5.10 Å². The Morgan fingerprint density at radius 2 is 2.06 bits per heavy atom. The first-order chi connectivity index (χ1) is 8.58. The van der Waals surface area contributed by atoms with Gasteiger partial charge in [-0.3, -0.25) is 4.68 Å². The average Bonchev–Trinajstić information content (AvgIpc) is 2.70. The number of hydrogen-bond donors (Lipinski definition) is 2. The van der Waals surface area contributed by atoms with E-state index in [1.165, 1.54) is 23.0 Å². The first-order valence-corrected chi connectivity index (χ1v) is 5.24. The standard InChI is InChI=1S/C12H12N2O4/c1-14-11(10(6-13-14)12(16)17)7-18-9-4-2-8(15)3-5-9/h2-6,15H,7H2,1H3,(H,16,17). The van der Waals surface area contributed by atoms with Crippen LogP contribution in [0.4, 0.5) is 0 Å². The highest BCUT2D eigenvalue weighted by Crippen LogP contribution is 2.18. The van der Waals surface area contributed by atoms with Gasteiger partial charge in [0.05, 0.1) is 11.9 Å². The molecule has 2 N–H and O–H groups in total. The number of carboxylic acid groups (broad SMARTS) is 1. The molecule has 0 aliphatic heterocycles. The summed E-state index contributed by atoms with van der Waals surface area (Å²) in [6, 6.07) is 6.20. The predicted molar refractivity (Wildman–Crippen MR) is 62.6 cm³/mol. The van der Waals surface area contributed by atoms with Crippen LogP contribution in [0.1, 0.15) is 16.1 Å². The lowest BCUT2D eigenvalue weighted by Gasteiger charge is -2.07. The van der Waals surface area contributed by atoms with Crippen LogP contribution < -0.4 is 4.74 Å². The summed E-state index contributed by atoms with van der Waals surface area (Å²) in [6.07, 6.45) is 1.29. The maximum Gasteiger partial charge on any atom is 0.339 e. The molecule has 2 aromatic rings. The summed E-state index contributed by atoms with van der Waals surface area (Å²) in [4.78, 5) is 10.9. The maximum atomic E-state index is 10.9. The topological polar surface area (TPSA) is 84.6 Å². The van der Waals surface area contributed by atoms with E-state index in [1.54, 1.807) is 19.2 Å². The van der Waals surface area contributed by atoms with Gasteiger partial charge in [0.1, 0.15) is 23.7 Å². The summed E-state index contributed by atoms with van der Waals surface area (Å²) in [7, 11) is 1.65. The van der Waals surface area contributed by atoms with E-state index in [-0.39, 0.29) is 17.9 Å². The summed E-state index contributed by atoms with van der Waals surface area (Å²) in [5.74, 6) is -0.341. The van der Waals surface area contributed by atoms with Crippen molar-refractivity contribution >= 4 is 5.97 Å². The lowest BCUT2D eigenvalue weighted by atomic mass is 10.2. The number of benzene rings is 1. The summed E-state index contributed by atoms with van der Waals surface area (Å²) in [5.41, 5.74) is 0.604. The molecule has 0 spiro atoms. The Balaban J connectivity index is 2.12. The zero-order chi connectivity index (χ0) is 13.1. The molecule has 1 heterocycles. The summed E-state index contributed by atoms with van der Waals surface area (Å²) >= 11 is 0. The number of aryl methyl sites for hydroxylation is 1. The number of aromatic hydroxyl groups is 1. The number of hydrogen-bond acceptors (Lipinski definition) is 4. The van der Waals surface area contributed by atoms with E-state index in [1.807, 2.05) is 0 Å². The minimum Gasteiger partial charge on any atom is -0.508 e. The molecule has 6 nitrogen and oxygen atoms in total. The molecule has 0 radical (unpaired) electrons. The minimum atomic E-state index is -1.03. The number of nitrogens with zero attached hydrogens (tertiary/aromatic N) is 2. The molecule has 0 saturated heterocycles. The SMILES string of the molecule is Cn1ncc(C(=O)O)c1COc1ccc(O)cc1. The molecule has 0 unspecified atom stereocenters. The third kappa shape index (κ3) is 2.42. The van der Waals surface area contributed by atoms with Gasteiger partial charge in [-0.25, -0.2) is 4.79 Å². The van der Waals surface area contributed by atoms with Gasteiger partial charge >= 0.3 is 5.97 Å². The Morgan fingerprint density at radius 3 is 2.67 bits per heavy atom. The van der Waals surface area contributed by atoms with Crippen molar-refractivity contribution in [2.45, 2.75) is 6.61 Å². The van der Waals surface area contributed by atoms with Gasteiger partial charge in [-0.1, -0.05) is 0 Å². The highest BCUT2D eigenvalue weighted by molar-refractivity contribution is 5.88. The van der Waals surface area contributed by atoms with Crippen LogP contribution in [0.25, 0.3) is 0 Å². The molecule has 0 aliphatic carbocycles. The second-order valence-electron chi connectivity index (χ2n) is 3.72. The first kappa shape index (κ1) is 12.0. The third-order valence-corrected chi connectivity index (χ3v) is 2.50. The zero-order valence-corrected chi connectivity index (χ0v) is 9.70. The number of carbonyl (C=O) groups is 1. The van der Waals surface area contributed by atoms with E-state index in [0.717, 1.165) is 0 Å². The third-order valence-electron chi connectivity index (χ3n) is 2.50. The van der Waals surface area contributed by atoms with Crippen molar-refractivity contribution in [3.05, 3.63) is 41.7 Å². The first-order valence-electron chi connectivity index (χ1n) is 5.24. The summed E-state index contributed by atoms with van der Waals surface area (Å²) in [6.45, 7) is 0.100. The lowest BCUT2D eigenvalue weighted by Crippen LogP contribution is -2.08. The van der Waals surface area contributed by atoms with Crippen molar-refractivity contribution in [3.8, 4) is 11.5 Å². The van der Waals surface area contributed by atoms with Crippen LogP contribution in [-0.4, -0.2) is 26.0 Å². The van der Waals surface area contributed by atoms with Gasteiger partial charge in [0.2, 0.25) is 0 Å². The Kier molecular flexibility index (Phi) is 3.18. The maximum absolute atomic E-state index is 10.9. The fourth-order valence-corrected chi connectivity index (χ4v) is 1.51. The van der Waals surface area contributed by atoms with Crippen molar-refractivity contribution in [1.82, 2.24) is 9.78 Å². The molecular formula is C12H12N2O4. The van der Waals surface area contributed by atoms with E-state index < -0.39 is 5.97 Å². The van der Waals surface area contributed by atoms with E-state index >= 15 is 0 Å². The van der Waals surface area contributed by atoms with Crippen molar-refractivity contribution in [2.24, 2.45) is 7.05 Å². The largest absolute Gasteiger partial charge is 0.508 e. The monoisotopic (exact) mass is 248 g/mol. The molecule has 0 saturated carbocycles. The normalized spacial score (nSPS) is 10.3. The molecule has 94 valence electrons. The van der Waals surface area contributed by atoms with E-state index in [0.29, 0.717) is 11.4 Å². The molecule has 2 rings (SSSR count). The van der Waals surface area contributed by atoms with E-state index in [9.17, 15) is 4.79 Å². The van der Waals surface area contributed by atoms with Crippen molar-refractivity contribution in [3.63, 3.8) is 0 Å². The number of rotatable bonds is 4. The molecule has 0 amide bonds. The molecule has 6 heteroatoms. The van der Waals surface area contributed by atoms with Crippen LogP contribution in [0.2, 0.25) is 0 Å². The van der Waals surface area contributed by atoms with Crippen molar-refractivity contribution < 1.29 is 19.7 Å². The molecule has 0 bridgehead atoms. The van der Waals surface area contributed by atoms with Crippen LogP contribution in [0.3, 0.4) is 0 Å². The predicted octanol–water partition coefficient (Wildman–Crippen LogP) is 1.40. The Labute approximate surface area is 103 Å². The number of carboxylic acids is 1. The minimum absolute atomic E-state index is 0.100. The second kappa shape index (κ2) is 4.79. The van der Waals surface area contributed by atoms with Gasteiger partial charge in [-0.15, -0.1) is 0 Å². The Morgan fingerprint density at radius 1 is 1.39 bits per heavy atom. The Bertz CT molecular complexity index is 560. The van der Waals surface area contributed by atoms with Gasteiger partial charge in [-0.05, 0) is 24.3 Å². The summed E-state index contributed by atoms with van der Waals surface area (Å²) in [5, 5.41) is 22.0. The number of ether oxygens (including phenoxy) is 1. The molecule has 1 aromatic heterocycles. The van der Waals surface area contributed by atoms with Crippen molar-refractivity contribution in [2.75, 3.05) is 0 Å². The van der Waals surface area contributed by atoms with Crippen LogP contribution in [0.15, 0.2) is 30.5 Å². The molecule has 18 heavy (non-hydrogen) atoms. The van der Waals surface area contributed by atoms with Crippen LogP contribution >= 0.6 is 0 Å². The molecule has 0 fully saturated rings. The van der Waals surface area contributed by atoms with Crippen LogP contribution in [0, 0.1) is 0 Å². The fraction of sp³-hybridized carbons (Fsp3) is 0.167. The number of phenolic OH excluding ortho intramolecular Hbond substituents is 1. The lowest BCUT2D eigenvalue weighted by molar-refractivity contribution is 0.0693. The fourth-order valence-electron chi connectivity index (χ4n) is 1.51. The van der Waals surface area contributed by atoms with Crippen molar-refractivity contribution in [1.29, 1.82) is 0 Å². The van der Waals surface area contributed by atoms with Gasteiger partial charge < -0.3 is 14.9 Å². The summed E-state index contributed by atoms with van der Waals surface area (Å²) < 4.78 is 6.90. The smallest absolute Gasteiger partial charge is 0.339 e. The number of aromatic nitrogens is 2. The van der Waals surface area contributed by atoms with Gasteiger partial charge in [0.25, 0.3) is 0 Å². The number of phenols is 1. The second-order valence-corrected chi connectivity index (χ2v) is 3.72. The quantitative estimate of drug-likeness (QED) is 0.854. The number of aromatic carboxylic acids is 1. The molecular weight excluding hydrogens is 236 g/mol. The molecule has 0 aliphatic rings. The van der Waals surface area contributed by atoms with E-state index in [4.69, 9.17) is 14.9 Å². The van der Waals surface area contributed by atoms with Gasteiger partial charge in [0, 0.05) is 7.05 Å².